The van der Waals surface area contributed by atoms with Gasteiger partial charge in [0.2, 0.25) is 0 Å². The molecule has 2 aromatic heterocycles. The highest BCUT2D eigenvalue weighted by atomic mass is 19.1. The first-order chi connectivity index (χ1) is 13.8. The van der Waals surface area contributed by atoms with Gasteiger partial charge in [-0.25, -0.2) is 14.2 Å². The van der Waals surface area contributed by atoms with Gasteiger partial charge in [0.05, 0.1) is 18.8 Å². The number of fused-ring (bicyclic) bond motifs is 1. The van der Waals surface area contributed by atoms with E-state index in [0.717, 1.165) is 18.7 Å². The standard InChI is InChI=1S/C20H24FN5O3/c1-12-8-25(9-13(2)29-12)11-16-22-18-17(19(27)23-20(28)24(18)3)26(16)10-14-4-6-15(21)7-5-14/h4-7,12-13H,8-11H2,1-3H3,(H,23,27,28). The van der Waals surface area contributed by atoms with Crippen LogP contribution in [0.3, 0.4) is 0 Å². The molecular formula is C20H24FN5O3. The molecule has 4 rings (SSSR count). The van der Waals surface area contributed by atoms with Gasteiger partial charge < -0.3 is 9.30 Å². The second-order valence-electron chi connectivity index (χ2n) is 7.68. The lowest BCUT2D eigenvalue weighted by molar-refractivity contribution is -0.0712. The molecular weight excluding hydrogens is 377 g/mol. The van der Waals surface area contributed by atoms with E-state index in [1.54, 1.807) is 19.2 Å². The summed E-state index contributed by atoms with van der Waals surface area (Å²) in [4.78, 5) is 33.9. The molecule has 154 valence electrons. The third-order valence-electron chi connectivity index (χ3n) is 5.20. The maximum Gasteiger partial charge on any atom is 0.329 e. The van der Waals surface area contributed by atoms with E-state index >= 15 is 0 Å². The Hall–Kier alpha value is -2.78. The highest BCUT2D eigenvalue weighted by Gasteiger charge is 2.25. The van der Waals surface area contributed by atoms with Crippen molar-refractivity contribution in [3.63, 3.8) is 0 Å². The number of imidazole rings is 1. The van der Waals surface area contributed by atoms with E-state index in [1.807, 2.05) is 18.4 Å². The summed E-state index contributed by atoms with van der Waals surface area (Å²) in [6, 6.07) is 6.14. The minimum absolute atomic E-state index is 0.0986. The predicted molar refractivity (Wildman–Crippen MR) is 106 cm³/mol. The number of nitrogens with zero attached hydrogens (tertiary/aromatic N) is 4. The lowest BCUT2D eigenvalue weighted by atomic mass is 10.2. The second kappa shape index (κ2) is 7.57. The number of H-pyrrole nitrogens is 1. The largest absolute Gasteiger partial charge is 0.373 e. The van der Waals surface area contributed by atoms with Crippen molar-refractivity contribution in [3.8, 4) is 0 Å². The molecule has 8 nitrogen and oxygen atoms in total. The van der Waals surface area contributed by atoms with Crippen LogP contribution in [-0.2, 0) is 24.9 Å². The Balaban J connectivity index is 1.80. The average molecular weight is 401 g/mol. The fourth-order valence-electron chi connectivity index (χ4n) is 3.96. The zero-order valence-corrected chi connectivity index (χ0v) is 16.7. The summed E-state index contributed by atoms with van der Waals surface area (Å²) < 4.78 is 22.3. The van der Waals surface area contributed by atoms with E-state index in [1.165, 1.54) is 16.7 Å². The Morgan fingerprint density at radius 3 is 2.45 bits per heavy atom. The van der Waals surface area contributed by atoms with Gasteiger partial charge >= 0.3 is 5.69 Å². The second-order valence-corrected chi connectivity index (χ2v) is 7.68. The van der Waals surface area contributed by atoms with Crippen molar-refractivity contribution in [1.82, 2.24) is 24.0 Å². The first kappa shape index (κ1) is 19.5. The first-order valence-corrected chi connectivity index (χ1v) is 9.62. The maximum absolute atomic E-state index is 13.3. The summed E-state index contributed by atoms with van der Waals surface area (Å²) >= 11 is 0. The van der Waals surface area contributed by atoms with Crippen LogP contribution in [0.1, 0.15) is 25.2 Å². The topological polar surface area (TPSA) is 85.2 Å². The number of rotatable bonds is 4. The third-order valence-corrected chi connectivity index (χ3v) is 5.20. The number of aryl methyl sites for hydroxylation is 1. The van der Waals surface area contributed by atoms with Crippen LogP contribution in [0, 0.1) is 5.82 Å². The lowest BCUT2D eigenvalue weighted by Gasteiger charge is -2.35. The van der Waals surface area contributed by atoms with Crippen molar-refractivity contribution in [3.05, 3.63) is 62.3 Å². The molecule has 1 saturated heterocycles. The van der Waals surface area contributed by atoms with Gasteiger partial charge in [-0.1, -0.05) is 12.1 Å². The molecule has 0 aliphatic carbocycles. The number of hydrogen-bond donors (Lipinski definition) is 1. The van der Waals surface area contributed by atoms with Gasteiger partial charge in [0.1, 0.15) is 11.6 Å². The minimum atomic E-state index is -0.505. The normalized spacial score (nSPS) is 20.4. The van der Waals surface area contributed by atoms with E-state index in [9.17, 15) is 14.0 Å². The molecule has 1 N–H and O–H groups in total. The van der Waals surface area contributed by atoms with Gasteiger partial charge in [0, 0.05) is 26.7 Å². The summed E-state index contributed by atoms with van der Waals surface area (Å²) in [6.07, 6.45) is 0.197. The van der Waals surface area contributed by atoms with Gasteiger partial charge in [0.25, 0.3) is 5.56 Å². The molecule has 0 amide bonds. The van der Waals surface area contributed by atoms with Gasteiger partial charge in [-0.05, 0) is 31.5 Å². The predicted octanol–water partition coefficient (Wildman–Crippen LogP) is 1.22. The Labute approximate surface area is 166 Å². The summed E-state index contributed by atoms with van der Waals surface area (Å²) in [5, 5.41) is 0. The van der Waals surface area contributed by atoms with Crippen molar-refractivity contribution in [1.29, 1.82) is 0 Å². The van der Waals surface area contributed by atoms with E-state index < -0.39 is 11.2 Å². The molecule has 0 bridgehead atoms. The minimum Gasteiger partial charge on any atom is -0.373 e. The smallest absolute Gasteiger partial charge is 0.329 e. The molecule has 0 radical (unpaired) electrons. The molecule has 1 fully saturated rings. The number of morpholine rings is 1. The van der Waals surface area contributed by atoms with E-state index in [-0.39, 0.29) is 18.0 Å². The van der Waals surface area contributed by atoms with Crippen LogP contribution in [0.4, 0.5) is 4.39 Å². The number of benzene rings is 1. The van der Waals surface area contributed by atoms with Gasteiger partial charge in [-0.2, -0.15) is 0 Å². The molecule has 0 saturated carbocycles. The van der Waals surface area contributed by atoms with Crippen LogP contribution in [0.5, 0.6) is 0 Å². The summed E-state index contributed by atoms with van der Waals surface area (Å²) in [5.74, 6) is 0.360. The van der Waals surface area contributed by atoms with Gasteiger partial charge in [0.15, 0.2) is 11.2 Å². The number of ether oxygens (including phenoxy) is 1. The Bertz CT molecular complexity index is 1140. The Morgan fingerprint density at radius 1 is 1.14 bits per heavy atom. The van der Waals surface area contributed by atoms with Crippen molar-refractivity contribution in [2.75, 3.05) is 13.1 Å². The van der Waals surface area contributed by atoms with E-state index in [4.69, 9.17) is 4.74 Å². The lowest BCUT2D eigenvalue weighted by Crippen LogP contribution is -2.45. The van der Waals surface area contributed by atoms with Crippen molar-refractivity contribution >= 4 is 11.2 Å². The average Bonchev–Trinajstić information content (AvgIpc) is 2.99. The highest BCUT2D eigenvalue weighted by Crippen LogP contribution is 2.18. The number of hydrogen-bond acceptors (Lipinski definition) is 5. The van der Waals surface area contributed by atoms with Crippen LogP contribution in [0.25, 0.3) is 11.2 Å². The molecule has 3 aromatic rings. The maximum atomic E-state index is 13.3. The molecule has 29 heavy (non-hydrogen) atoms. The van der Waals surface area contributed by atoms with Gasteiger partial charge in [-0.15, -0.1) is 0 Å². The molecule has 1 aliphatic heterocycles. The van der Waals surface area contributed by atoms with Crippen LogP contribution >= 0.6 is 0 Å². The Kier molecular flexibility index (Phi) is 5.10. The SMILES string of the molecule is CC1CN(Cc2nc3c(c(=O)[nH]c(=O)n3C)n2Cc2ccc(F)cc2)CC(C)O1. The zero-order chi connectivity index (χ0) is 20.7. The third kappa shape index (κ3) is 3.88. The van der Waals surface area contributed by atoms with Gasteiger partial charge in [-0.3, -0.25) is 19.2 Å². The molecule has 2 atom stereocenters. The fraction of sp³-hybridized carbons (Fsp3) is 0.450. The molecule has 0 spiro atoms. The number of aromatic amines is 1. The number of halogens is 1. The van der Waals surface area contributed by atoms with E-state index in [2.05, 4.69) is 14.9 Å². The quantitative estimate of drug-likeness (QED) is 0.711. The molecule has 1 aromatic carbocycles. The summed E-state index contributed by atoms with van der Waals surface area (Å²) in [7, 11) is 1.58. The molecule has 3 heterocycles. The zero-order valence-electron chi connectivity index (χ0n) is 16.7. The summed E-state index contributed by atoms with van der Waals surface area (Å²) in [6.45, 7) is 6.42. The van der Waals surface area contributed by atoms with Crippen LogP contribution in [0.15, 0.2) is 33.9 Å². The number of nitrogens with one attached hydrogen (secondary N) is 1. The van der Waals surface area contributed by atoms with Crippen molar-refractivity contribution in [2.24, 2.45) is 7.05 Å². The van der Waals surface area contributed by atoms with Crippen LogP contribution < -0.4 is 11.2 Å². The summed E-state index contributed by atoms with van der Waals surface area (Å²) in [5.41, 5.74) is 0.525. The monoisotopic (exact) mass is 401 g/mol. The van der Waals surface area contributed by atoms with Crippen molar-refractivity contribution in [2.45, 2.75) is 39.1 Å². The molecule has 2 unspecified atom stereocenters. The molecule has 9 heteroatoms. The van der Waals surface area contributed by atoms with E-state index in [0.29, 0.717) is 30.1 Å². The van der Waals surface area contributed by atoms with Crippen molar-refractivity contribution < 1.29 is 9.13 Å². The molecule has 1 aliphatic rings. The highest BCUT2D eigenvalue weighted by molar-refractivity contribution is 5.71. The van der Waals surface area contributed by atoms with Crippen LogP contribution in [0.2, 0.25) is 0 Å². The first-order valence-electron chi connectivity index (χ1n) is 9.62. The Morgan fingerprint density at radius 2 is 1.79 bits per heavy atom. The van der Waals surface area contributed by atoms with Crippen LogP contribution in [-0.4, -0.2) is 49.3 Å². The number of aromatic nitrogens is 4. The fourth-order valence-corrected chi connectivity index (χ4v) is 3.96.